The van der Waals surface area contributed by atoms with Crippen LogP contribution in [-0.4, -0.2) is 151 Å². The van der Waals surface area contributed by atoms with Crippen LogP contribution in [0, 0.1) is 17.8 Å². The lowest BCUT2D eigenvalue weighted by Crippen LogP contribution is -2.55. The highest BCUT2D eigenvalue weighted by Gasteiger charge is 2.39. The number of aromatic hydroxyl groups is 1. The fourth-order valence-electron chi connectivity index (χ4n) is 8.35. The van der Waals surface area contributed by atoms with E-state index in [1.807, 2.05) is 0 Å². The van der Waals surface area contributed by atoms with Crippen LogP contribution in [0.3, 0.4) is 0 Å². The van der Waals surface area contributed by atoms with Gasteiger partial charge in [-0.15, -0.1) is 0 Å². The molecule has 19 heteroatoms. The van der Waals surface area contributed by atoms with Crippen molar-refractivity contribution in [1.82, 2.24) is 31.1 Å². The Morgan fingerprint density at radius 2 is 1.46 bits per heavy atom. The van der Waals surface area contributed by atoms with E-state index in [0.29, 0.717) is 18.8 Å². The smallest absolute Gasteiger partial charge is 0.244 e. The summed E-state index contributed by atoms with van der Waals surface area (Å²) in [6, 6.07) is 2.44. The summed E-state index contributed by atoms with van der Waals surface area (Å²) in [5.41, 5.74) is 0.0851. The topological polar surface area (TPSA) is 295 Å². The van der Waals surface area contributed by atoms with Crippen molar-refractivity contribution < 1.29 is 64.2 Å². The molecule has 2 saturated heterocycles. The van der Waals surface area contributed by atoms with Crippen LogP contribution in [0.2, 0.25) is 0 Å². The van der Waals surface area contributed by atoms with Crippen molar-refractivity contribution in [2.45, 2.75) is 160 Å². The first-order valence-electron chi connectivity index (χ1n) is 23.2. The zero-order valence-electron chi connectivity index (χ0n) is 38.5. The van der Waals surface area contributed by atoms with Crippen molar-refractivity contribution in [2.24, 2.45) is 17.8 Å². The summed E-state index contributed by atoms with van der Waals surface area (Å²) in [6.07, 6.45) is -0.342. The fraction of sp³-hybridized carbons (Fsp3) is 0.717. The van der Waals surface area contributed by atoms with Crippen LogP contribution in [0.25, 0.3) is 0 Å². The maximum atomic E-state index is 13.6. The van der Waals surface area contributed by atoms with Crippen LogP contribution in [0.1, 0.15) is 129 Å². The molecular weight excluding hydrogens is 845 g/mol. The van der Waals surface area contributed by atoms with Gasteiger partial charge in [-0.3, -0.25) is 33.6 Å². The Hall–Kier alpha value is -4.69. The quantitative estimate of drug-likeness (QED) is 0.0908. The maximum absolute atomic E-state index is 13.6. The van der Waals surface area contributed by atoms with Gasteiger partial charge in [0, 0.05) is 32.4 Å². The molecule has 0 spiro atoms. The van der Waals surface area contributed by atoms with Crippen molar-refractivity contribution in [1.29, 1.82) is 0 Å². The van der Waals surface area contributed by atoms with E-state index in [0.717, 1.165) is 47.8 Å². The molecule has 10 N–H and O–H groups in total. The summed E-state index contributed by atoms with van der Waals surface area (Å²) in [6.45, 7) is 5.66. The summed E-state index contributed by atoms with van der Waals surface area (Å²) in [7, 11) is 0. The number of phenolic OH excluding ortho intramolecular Hbond substituents is 1. The van der Waals surface area contributed by atoms with Crippen LogP contribution >= 0.6 is 0 Å². The Labute approximate surface area is 382 Å². The number of Topliss-reactive ketones (excluding diaryl/α,β-unsaturated/α-hetero) is 1. The number of nitrogens with one attached hydrogen (secondary N) is 4. The van der Waals surface area contributed by atoms with Gasteiger partial charge in [-0.05, 0) is 62.1 Å². The van der Waals surface area contributed by atoms with Crippen molar-refractivity contribution in [3.05, 3.63) is 29.8 Å². The van der Waals surface area contributed by atoms with E-state index in [1.165, 1.54) is 50.5 Å². The first kappa shape index (κ1) is 54.6. The number of aliphatic hydroxyl groups is 5. The normalized spacial score (nSPS) is 24.7. The highest BCUT2D eigenvalue weighted by Crippen LogP contribution is 2.27. The first-order chi connectivity index (χ1) is 30.8. The van der Waals surface area contributed by atoms with Gasteiger partial charge in [0.1, 0.15) is 30.0 Å². The summed E-state index contributed by atoms with van der Waals surface area (Å²) in [4.78, 5) is 96.4. The number of carbonyl (C=O) groups excluding carboxylic acids is 7. The second-order valence-electron chi connectivity index (χ2n) is 18.1. The van der Waals surface area contributed by atoms with E-state index in [-0.39, 0.29) is 30.7 Å². The van der Waals surface area contributed by atoms with Crippen molar-refractivity contribution >= 4 is 41.2 Å². The first-order valence-corrected chi connectivity index (χ1v) is 23.2. The number of carbonyl (C=O) groups is 7. The highest BCUT2D eigenvalue weighted by molar-refractivity contribution is 5.95. The van der Waals surface area contributed by atoms with Gasteiger partial charge in [-0.1, -0.05) is 77.8 Å². The van der Waals surface area contributed by atoms with Gasteiger partial charge in [0.05, 0.1) is 37.8 Å². The van der Waals surface area contributed by atoms with Crippen LogP contribution in [0.4, 0.5) is 0 Å². The second-order valence-corrected chi connectivity index (χ2v) is 18.1. The zero-order valence-corrected chi connectivity index (χ0v) is 38.5. The Morgan fingerprint density at radius 3 is 2.12 bits per heavy atom. The van der Waals surface area contributed by atoms with Crippen LogP contribution < -0.4 is 21.3 Å². The minimum Gasteiger partial charge on any atom is -0.508 e. The molecule has 3 rings (SSSR count). The van der Waals surface area contributed by atoms with Crippen molar-refractivity contribution in [2.75, 3.05) is 32.7 Å². The van der Waals surface area contributed by atoms with Gasteiger partial charge >= 0.3 is 0 Å². The summed E-state index contributed by atoms with van der Waals surface area (Å²) < 4.78 is 0. The molecule has 366 valence electrons. The Bertz CT molecular complexity index is 1710. The minimum absolute atomic E-state index is 0.0544. The summed E-state index contributed by atoms with van der Waals surface area (Å²) in [5.74, 6) is -6.16. The average Bonchev–Trinajstić information content (AvgIpc) is 3.76. The second kappa shape index (κ2) is 27.7. The van der Waals surface area contributed by atoms with E-state index in [9.17, 15) is 64.2 Å². The van der Waals surface area contributed by atoms with Gasteiger partial charge < -0.3 is 61.7 Å². The number of nitrogens with zero attached hydrogens (tertiary/aromatic N) is 2. The Kier molecular flexibility index (Phi) is 23.3. The number of aliphatic hydroxyl groups excluding tert-OH is 5. The van der Waals surface area contributed by atoms with Gasteiger partial charge in [0.25, 0.3) is 0 Å². The molecule has 2 aliphatic heterocycles. The summed E-state index contributed by atoms with van der Waals surface area (Å²) in [5, 5.41) is 73.8. The molecule has 0 bridgehead atoms. The number of benzene rings is 1. The molecule has 0 radical (unpaired) electrons. The third-order valence-electron chi connectivity index (χ3n) is 12.3. The minimum atomic E-state index is -1.96. The van der Waals surface area contributed by atoms with Crippen molar-refractivity contribution in [3.8, 4) is 5.75 Å². The lowest BCUT2D eigenvalue weighted by Gasteiger charge is -2.29. The molecule has 0 saturated carbocycles. The SMILES string of the molecule is CCC(C)CC(C)CCCCCCCCC(=O)N[C@H]1C[C@@H](O)[C@@H](O)NC(=O)[C@@H]2CCCN2C(=O)CNC(=O)[C@H]([C@H](O)C(O)c2ccc(O)cc2)CC(=O)CN(C[C@@H](C)O)C(=O)CNC1=O. The number of phenols is 1. The predicted octanol–water partition coefficient (Wildman–Crippen LogP) is 0.672. The highest BCUT2D eigenvalue weighted by atomic mass is 16.3. The van der Waals surface area contributed by atoms with E-state index in [2.05, 4.69) is 42.0 Å². The third-order valence-corrected chi connectivity index (χ3v) is 12.3. The number of rotatable bonds is 18. The molecule has 1 aromatic rings. The third kappa shape index (κ3) is 18.6. The molecule has 65 heavy (non-hydrogen) atoms. The molecule has 2 aliphatic rings. The lowest BCUT2D eigenvalue weighted by molar-refractivity contribution is -0.143. The number of hydrogen-bond donors (Lipinski definition) is 10. The van der Waals surface area contributed by atoms with Crippen LogP contribution in [-0.2, 0) is 33.6 Å². The molecule has 0 aromatic heterocycles. The van der Waals surface area contributed by atoms with Crippen molar-refractivity contribution in [3.63, 3.8) is 0 Å². The number of unbranched alkanes of at least 4 members (excludes halogenated alkanes) is 5. The molecule has 3 unspecified atom stereocenters. The van der Waals surface area contributed by atoms with Gasteiger partial charge in [0.15, 0.2) is 12.0 Å². The number of fused-ring (bicyclic) bond motifs is 1. The van der Waals surface area contributed by atoms with E-state index >= 15 is 0 Å². The predicted molar refractivity (Wildman–Crippen MR) is 238 cm³/mol. The van der Waals surface area contributed by atoms with Crippen LogP contribution in [0.5, 0.6) is 5.75 Å². The average molecular weight is 919 g/mol. The monoisotopic (exact) mass is 919 g/mol. The number of hydrogen-bond acceptors (Lipinski definition) is 13. The number of β-amino-alcohol motifs (C(OH)–C–C–N with tert-alkyl or cyclic N) is 1. The van der Waals surface area contributed by atoms with Gasteiger partial charge in [0.2, 0.25) is 35.4 Å². The molecule has 2 fully saturated rings. The zero-order chi connectivity index (χ0) is 48.2. The Morgan fingerprint density at radius 1 is 0.831 bits per heavy atom. The van der Waals surface area contributed by atoms with E-state index in [4.69, 9.17) is 0 Å². The molecular formula is C46H74N6O13. The van der Waals surface area contributed by atoms with E-state index < -0.39 is 129 Å². The van der Waals surface area contributed by atoms with Crippen LogP contribution in [0.15, 0.2) is 24.3 Å². The lowest BCUT2D eigenvalue weighted by atomic mass is 9.88. The van der Waals surface area contributed by atoms with E-state index in [1.54, 1.807) is 0 Å². The van der Waals surface area contributed by atoms with Gasteiger partial charge in [-0.2, -0.15) is 0 Å². The molecule has 6 amide bonds. The molecule has 19 nitrogen and oxygen atoms in total. The fourth-order valence-corrected chi connectivity index (χ4v) is 8.35. The standard InChI is InChI=1S/C46H74N6O13/c1-5-28(2)21-29(3)13-10-8-6-7-9-11-15-38(57)49-35-23-37(56)46(65)50-45(64)36-14-12-20-52(36)40(59)25-47-43(62)34(42(61)41(60)31-16-18-32(54)19-17-31)22-33(55)27-51(26-30(4)53)39(58)24-48-44(35)63/h16-19,28-30,34-37,41-42,46,53-54,56,60-61,65H,5-15,20-27H2,1-4H3,(H,47,62)(H,48,63)(H,49,57)(H,50,64)/t28?,29?,30-,34+,35+,36+,37-,41?,42+,46-/m1/s1. The molecule has 10 atom stereocenters. The molecule has 0 aliphatic carbocycles. The molecule has 2 heterocycles. The van der Waals surface area contributed by atoms with Gasteiger partial charge in [-0.25, -0.2) is 0 Å². The Balaban J connectivity index is 1.79. The maximum Gasteiger partial charge on any atom is 0.244 e. The summed E-state index contributed by atoms with van der Waals surface area (Å²) >= 11 is 0. The molecule has 1 aromatic carbocycles. The largest absolute Gasteiger partial charge is 0.508 e. The number of amides is 6. The number of ketones is 1.